The predicted octanol–water partition coefficient (Wildman–Crippen LogP) is 9.91. The van der Waals surface area contributed by atoms with Crippen LogP contribution in [0.1, 0.15) is 31.3 Å². The number of carbonyl (C=O) groups excluding carboxylic acids is 3. The van der Waals surface area contributed by atoms with Crippen LogP contribution in [0.3, 0.4) is 0 Å². The summed E-state index contributed by atoms with van der Waals surface area (Å²) in [7, 11) is 0. The quantitative estimate of drug-likeness (QED) is 0.0806. The Hall–Kier alpha value is -5.00. The molecule has 5 aromatic rings. The highest BCUT2D eigenvalue weighted by molar-refractivity contribution is 6.38. The van der Waals surface area contributed by atoms with Gasteiger partial charge in [-0.2, -0.15) is 0 Å². The highest BCUT2D eigenvalue weighted by Crippen LogP contribution is 2.25. The Balaban J connectivity index is 0.000000215. The molecule has 52 heavy (non-hydrogen) atoms. The number of ether oxygens (including phenoxy) is 4. The van der Waals surface area contributed by atoms with Gasteiger partial charge < -0.3 is 29.2 Å². The lowest BCUT2D eigenvalue weighted by molar-refractivity contribution is -0.140. The van der Waals surface area contributed by atoms with Crippen LogP contribution in [0.15, 0.2) is 114 Å². The monoisotopic (exact) mass is 786 g/mol. The number of nitrogens with one attached hydrogen (secondary N) is 2. The van der Waals surface area contributed by atoms with Crippen molar-refractivity contribution in [2.45, 2.75) is 20.8 Å². The maximum absolute atomic E-state index is 11.9. The fourth-order valence-corrected chi connectivity index (χ4v) is 5.29. The number of hydrogen-bond acceptors (Lipinski definition) is 9. The van der Waals surface area contributed by atoms with Crippen molar-refractivity contribution in [1.29, 1.82) is 0 Å². The summed E-state index contributed by atoms with van der Waals surface area (Å²) < 4.78 is 20.0. The summed E-state index contributed by atoms with van der Waals surface area (Å²) in [6.45, 7) is 5.63. The molecule has 2 N–H and O–H groups in total. The molecule has 0 saturated carbocycles. The summed E-state index contributed by atoms with van der Waals surface area (Å²) in [6, 6.07) is 28.4. The number of rotatable bonds is 10. The number of carbonyl (C=O) groups is 3. The van der Waals surface area contributed by atoms with Gasteiger partial charge >= 0.3 is 17.9 Å². The molecule has 4 aromatic carbocycles. The van der Waals surface area contributed by atoms with E-state index in [1.165, 1.54) is 18.2 Å². The van der Waals surface area contributed by atoms with Gasteiger partial charge in [0.15, 0.2) is 5.43 Å². The van der Waals surface area contributed by atoms with E-state index >= 15 is 0 Å². The molecule has 0 spiro atoms. The number of anilines is 1. The lowest BCUT2D eigenvalue weighted by Crippen LogP contribution is -2.17. The van der Waals surface area contributed by atoms with E-state index in [0.717, 1.165) is 17.6 Å². The number of aromatic amines is 1. The van der Waals surface area contributed by atoms with E-state index in [1.54, 1.807) is 39.0 Å². The number of fused-ring (bicyclic) bond motifs is 1. The third kappa shape index (κ3) is 13.6. The Bertz CT molecular complexity index is 2000. The minimum absolute atomic E-state index is 0.0615. The second kappa shape index (κ2) is 21.4. The Morgan fingerprint density at radius 1 is 0.692 bits per heavy atom. The number of H-pyrrole nitrogens is 1. The van der Waals surface area contributed by atoms with E-state index in [-0.39, 0.29) is 41.7 Å². The topological polar surface area (TPSA) is 133 Å². The van der Waals surface area contributed by atoms with Crippen molar-refractivity contribution in [2.24, 2.45) is 0 Å². The van der Waals surface area contributed by atoms with E-state index in [4.69, 9.17) is 65.4 Å². The van der Waals surface area contributed by atoms with E-state index < -0.39 is 17.9 Å². The molecular formula is C38H34Cl4N2O8. The predicted molar refractivity (Wildman–Crippen MR) is 205 cm³/mol. The number of halogens is 4. The van der Waals surface area contributed by atoms with Crippen LogP contribution in [0.5, 0.6) is 11.5 Å². The highest BCUT2D eigenvalue weighted by Gasteiger charge is 2.15. The second-order valence-electron chi connectivity index (χ2n) is 10.1. The van der Waals surface area contributed by atoms with Crippen molar-refractivity contribution < 1.29 is 33.3 Å². The van der Waals surface area contributed by atoms with Gasteiger partial charge in [-0.05, 0) is 75.4 Å². The third-order valence-electron chi connectivity index (χ3n) is 6.25. The van der Waals surface area contributed by atoms with E-state index in [9.17, 15) is 19.2 Å². The molecule has 0 aliphatic carbocycles. The van der Waals surface area contributed by atoms with Gasteiger partial charge in [-0.15, -0.1) is 0 Å². The highest BCUT2D eigenvalue weighted by atomic mass is 35.5. The molecule has 0 saturated heterocycles. The van der Waals surface area contributed by atoms with Gasteiger partial charge in [0.2, 0.25) is 0 Å². The van der Waals surface area contributed by atoms with Crippen LogP contribution >= 0.6 is 46.4 Å². The van der Waals surface area contributed by atoms with Crippen molar-refractivity contribution in [1.82, 2.24) is 4.98 Å². The molecule has 0 fully saturated rings. The van der Waals surface area contributed by atoms with Gasteiger partial charge in [0.05, 0.1) is 41.8 Å². The van der Waals surface area contributed by atoms with Gasteiger partial charge in [0, 0.05) is 26.8 Å². The Morgan fingerprint density at radius 3 is 1.77 bits per heavy atom. The number of hydrogen-bond donors (Lipinski definition) is 2. The van der Waals surface area contributed by atoms with Crippen molar-refractivity contribution >= 4 is 80.9 Å². The van der Waals surface area contributed by atoms with Crippen LogP contribution < -0.4 is 15.5 Å². The van der Waals surface area contributed by atoms with Crippen molar-refractivity contribution in [2.75, 3.05) is 25.1 Å². The molecule has 0 unspecified atom stereocenters. The summed E-state index contributed by atoms with van der Waals surface area (Å²) in [5.41, 5.74) is 0.522. The van der Waals surface area contributed by atoms with Crippen LogP contribution in [0, 0.1) is 0 Å². The molecule has 5 rings (SSSR count). The normalized spacial score (nSPS) is 10.5. The van der Waals surface area contributed by atoms with Gasteiger partial charge in [-0.1, -0.05) is 82.8 Å². The maximum Gasteiger partial charge on any atom is 0.355 e. The van der Waals surface area contributed by atoms with Gasteiger partial charge in [0.25, 0.3) is 0 Å². The fourth-order valence-electron chi connectivity index (χ4n) is 4.18. The average molecular weight is 789 g/mol. The number of benzene rings is 4. The number of para-hydroxylation sites is 2. The van der Waals surface area contributed by atoms with Crippen LogP contribution in [-0.2, 0) is 23.8 Å². The van der Waals surface area contributed by atoms with Gasteiger partial charge in [-0.25, -0.2) is 14.4 Å². The standard InChI is InChI=1S/C14H15Cl2NO4.C12H9Cl2NO3.C12H10O/c1-3-20-13(18)8-12(14(19)21-4-2)17-11-6-9(15)5-10(16)7-11;1-2-18-12(17)9-5-10(16)11-7(14)3-6(13)4-8(11)15-9;1-3-7-11(8-4-1)13-12-9-5-2-6-10-12/h5-8,17H,3-4H2,1-2H3;3-5H,2H2,1H3,(H,15,16);1-10H/b12-8-;;. The van der Waals surface area contributed by atoms with Crippen LogP contribution in [0.4, 0.5) is 5.69 Å². The Morgan fingerprint density at radius 2 is 1.23 bits per heavy atom. The van der Waals surface area contributed by atoms with Gasteiger partial charge in [-0.3, -0.25) is 4.79 Å². The molecule has 0 amide bonds. The van der Waals surface area contributed by atoms with Crippen LogP contribution in [0.2, 0.25) is 20.1 Å². The average Bonchev–Trinajstić information content (AvgIpc) is 3.09. The minimum Gasteiger partial charge on any atom is -0.463 e. The van der Waals surface area contributed by atoms with E-state index in [0.29, 0.717) is 31.7 Å². The smallest absolute Gasteiger partial charge is 0.355 e. The molecular weight excluding hydrogens is 754 g/mol. The largest absolute Gasteiger partial charge is 0.463 e. The zero-order valence-electron chi connectivity index (χ0n) is 28.2. The molecule has 0 bridgehead atoms. The molecule has 0 atom stereocenters. The molecule has 14 heteroatoms. The minimum atomic E-state index is -0.679. The molecule has 0 radical (unpaired) electrons. The summed E-state index contributed by atoms with van der Waals surface area (Å²) in [6.07, 6.45) is 1.02. The Kier molecular flexibility index (Phi) is 17.0. The third-order valence-corrected chi connectivity index (χ3v) is 7.20. The van der Waals surface area contributed by atoms with Crippen LogP contribution in [-0.4, -0.2) is 42.7 Å². The maximum atomic E-state index is 11.9. The molecule has 1 aromatic heterocycles. The number of pyridine rings is 1. The van der Waals surface area contributed by atoms with Crippen molar-refractivity contribution in [3.05, 3.63) is 145 Å². The summed E-state index contributed by atoms with van der Waals surface area (Å²) in [5, 5.41) is 4.46. The van der Waals surface area contributed by atoms with Gasteiger partial charge in [0.1, 0.15) is 22.9 Å². The van der Waals surface area contributed by atoms with Crippen LogP contribution in [0.25, 0.3) is 10.9 Å². The summed E-state index contributed by atoms with van der Waals surface area (Å²) in [4.78, 5) is 49.5. The molecule has 10 nitrogen and oxygen atoms in total. The zero-order valence-corrected chi connectivity index (χ0v) is 31.2. The summed E-state index contributed by atoms with van der Waals surface area (Å²) in [5.74, 6) is -0.183. The first-order valence-corrected chi connectivity index (χ1v) is 17.2. The van der Waals surface area contributed by atoms with E-state index in [2.05, 4.69) is 10.3 Å². The first-order valence-electron chi connectivity index (χ1n) is 15.7. The lowest BCUT2D eigenvalue weighted by Gasteiger charge is -2.11. The lowest BCUT2D eigenvalue weighted by atomic mass is 10.2. The van der Waals surface area contributed by atoms with Crippen molar-refractivity contribution in [3.8, 4) is 11.5 Å². The zero-order chi connectivity index (χ0) is 38.0. The Labute approximate surface area is 320 Å². The summed E-state index contributed by atoms with van der Waals surface area (Å²) >= 11 is 23.5. The second-order valence-corrected chi connectivity index (χ2v) is 11.8. The first-order chi connectivity index (χ1) is 24.9. The molecule has 0 aliphatic rings. The number of aromatic nitrogens is 1. The molecule has 1 heterocycles. The SMILES string of the molecule is CCOC(=O)/C=C(\Nc1cc(Cl)cc(Cl)c1)C(=O)OCC.CCOC(=O)c1cc(=O)c2c(Cl)cc(Cl)cc2[nH]1.c1ccc(Oc2ccccc2)cc1. The fraction of sp³-hybridized carbons (Fsp3) is 0.158. The van der Waals surface area contributed by atoms with Crippen molar-refractivity contribution in [3.63, 3.8) is 0 Å². The first kappa shape index (κ1) is 41.4. The number of esters is 3. The molecule has 272 valence electrons. The van der Waals surface area contributed by atoms with E-state index in [1.807, 2.05) is 60.7 Å². The molecule has 0 aliphatic heterocycles.